The number of methoxy groups -OCH3 is 1. The lowest BCUT2D eigenvalue weighted by Crippen LogP contribution is -1.86. The lowest BCUT2D eigenvalue weighted by Gasteiger charge is -2.04. The van der Waals surface area contributed by atoms with E-state index in [0.717, 1.165) is 5.56 Å². The second-order valence-corrected chi connectivity index (χ2v) is 3.34. The quantitative estimate of drug-likeness (QED) is 0.759. The molecular formula is C8H8BrFOS. The summed E-state index contributed by atoms with van der Waals surface area (Å²) in [5, 5.41) is 0.656. The van der Waals surface area contributed by atoms with Crippen molar-refractivity contribution >= 4 is 28.1 Å². The topological polar surface area (TPSA) is 9.23 Å². The van der Waals surface area contributed by atoms with Crippen molar-refractivity contribution in [2.24, 2.45) is 0 Å². The second-order valence-electron chi connectivity index (χ2n) is 2.18. The first kappa shape index (κ1) is 9.86. The third-order valence-electron chi connectivity index (χ3n) is 1.50. The minimum Gasteiger partial charge on any atom is -0.497 e. The molecule has 0 aliphatic heterocycles. The van der Waals surface area contributed by atoms with E-state index in [9.17, 15) is 3.89 Å². The van der Waals surface area contributed by atoms with Gasteiger partial charge in [0.05, 0.1) is 19.3 Å². The highest BCUT2D eigenvalue weighted by molar-refractivity contribution is 9.08. The van der Waals surface area contributed by atoms with E-state index in [4.69, 9.17) is 4.74 Å². The Bertz CT molecular complexity index is 267. The maximum absolute atomic E-state index is 12.3. The van der Waals surface area contributed by atoms with E-state index in [-0.39, 0.29) is 12.1 Å². The van der Waals surface area contributed by atoms with E-state index < -0.39 is 0 Å². The molecule has 4 heteroatoms. The highest BCUT2D eigenvalue weighted by atomic mass is 79.9. The van der Waals surface area contributed by atoms with Gasteiger partial charge in [-0.2, -0.15) is 3.89 Å². The van der Waals surface area contributed by atoms with Gasteiger partial charge in [-0.25, -0.2) is 0 Å². The smallest absolute Gasteiger partial charge is 0.120 e. The molecule has 0 saturated heterocycles. The fraction of sp³-hybridized carbons (Fsp3) is 0.250. The average molecular weight is 251 g/mol. The van der Waals surface area contributed by atoms with Gasteiger partial charge in [-0.1, -0.05) is 22.0 Å². The van der Waals surface area contributed by atoms with E-state index >= 15 is 0 Å². The predicted molar refractivity (Wildman–Crippen MR) is 52.6 cm³/mol. The molecule has 66 valence electrons. The minimum atomic E-state index is 0.240. The largest absolute Gasteiger partial charge is 0.497 e. The maximum atomic E-state index is 12.3. The van der Waals surface area contributed by atoms with Crippen LogP contribution in [-0.2, 0) is 5.33 Å². The molecular weight excluding hydrogens is 243 g/mol. The van der Waals surface area contributed by atoms with Crippen LogP contribution in [0.1, 0.15) is 5.56 Å². The third kappa shape index (κ3) is 2.14. The Morgan fingerprint density at radius 1 is 1.58 bits per heavy atom. The van der Waals surface area contributed by atoms with Crippen molar-refractivity contribution < 1.29 is 8.62 Å². The van der Waals surface area contributed by atoms with Crippen LogP contribution >= 0.6 is 28.1 Å². The van der Waals surface area contributed by atoms with Crippen molar-refractivity contribution in [2.45, 2.75) is 10.2 Å². The Morgan fingerprint density at radius 3 is 2.83 bits per heavy atom. The highest BCUT2D eigenvalue weighted by Crippen LogP contribution is 2.29. The van der Waals surface area contributed by atoms with E-state index in [1.165, 1.54) is 0 Å². The average Bonchev–Trinajstić information content (AvgIpc) is 2.16. The lowest BCUT2D eigenvalue weighted by molar-refractivity contribution is 0.413. The predicted octanol–water partition coefficient (Wildman–Crippen LogP) is 3.57. The second kappa shape index (κ2) is 4.72. The van der Waals surface area contributed by atoms with Crippen molar-refractivity contribution in [1.82, 2.24) is 0 Å². The molecule has 0 N–H and O–H groups in total. The number of ether oxygens (including phenoxy) is 1. The van der Waals surface area contributed by atoms with Crippen molar-refractivity contribution in [3.05, 3.63) is 23.8 Å². The lowest BCUT2D eigenvalue weighted by atomic mass is 10.2. The Hall–Kier alpha value is -0.220. The molecule has 0 unspecified atom stereocenters. The van der Waals surface area contributed by atoms with Gasteiger partial charge in [-0.3, -0.25) is 0 Å². The van der Waals surface area contributed by atoms with Crippen LogP contribution in [0.15, 0.2) is 23.1 Å². The zero-order chi connectivity index (χ0) is 8.97. The van der Waals surface area contributed by atoms with Crippen LogP contribution < -0.4 is 4.74 Å². The summed E-state index contributed by atoms with van der Waals surface area (Å²) in [6, 6.07) is 5.34. The summed E-state index contributed by atoms with van der Waals surface area (Å²) in [7, 11) is 1.57. The summed E-state index contributed by atoms with van der Waals surface area (Å²) in [4.78, 5) is 0.603. The molecule has 0 aliphatic rings. The first-order chi connectivity index (χ1) is 5.81. The van der Waals surface area contributed by atoms with Crippen molar-refractivity contribution in [1.29, 1.82) is 0 Å². The Morgan fingerprint density at radius 2 is 2.33 bits per heavy atom. The van der Waals surface area contributed by atoms with Crippen LogP contribution in [0.2, 0.25) is 0 Å². The maximum Gasteiger partial charge on any atom is 0.120 e. The van der Waals surface area contributed by atoms with E-state index in [0.29, 0.717) is 16.0 Å². The molecule has 0 heterocycles. The van der Waals surface area contributed by atoms with Crippen LogP contribution in [0.5, 0.6) is 5.75 Å². The van der Waals surface area contributed by atoms with Gasteiger partial charge in [-0.15, -0.1) is 0 Å². The van der Waals surface area contributed by atoms with Crippen LogP contribution in [0, 0.1) is 0 Å². The number of halogens is 2. The molecule has 0 fully saturated rings. The highest BCUT2D eigenvalue weighted by Gasteiger charge is 2.03. The van der Waals surface area contributed by atoms with Crippen LogP contribution in [-0.4, -0.2) is 7.11 Å². The SMILES string of the molecule is COc1ccc(CBr)c(SF)c1. The van der Waals surface area contributed by atoms with Crippen LogP contribution in [0.3, 0.4) is 0 Å². The van der Waals surface area contributed by atoms with Gasteiger partial charge in [0.25, 0.3) is 0 Å². The number of hydrogen-bond acceptors (Lipinski definition) is 2. The van der Waals surface area contributed by atoms with Gasteiger partial charge < -0.3 is 4.74 Å². The fourth-order valence-corrected chi connectivity index (χ4v) is 1.92. The molecule has 1 rings (SSSR count). The monoisotopic (exact) mass is 250 g/mol. The molecule has 0 atom stereocenters. The van der Waals surface area contributed by atoms with Gasteiger partial charge in [0.15, 0.2) is 0 Å². The van der Waals surface area contributed by atoms with Gasteiger partial charge in [0.1, 0.15) is 5.75 Å². The Balaban J connectivity index is 3.02. The van der Waals surface area contributed by atoms with Crippen molar-refractivity contribution in [3.8, 4) is 5.75 Å². The Labute approximate surface area is 83.7 Å². The number of alkyl halides is 1. The Kier molecular flexibility index (Phi) is 3.88. The minimum absolute atomic E-state index is 0.240. The molecule has 12 heavy (non-hydrogen) atoms. The summed E-state index contributed by atoms with van der Waals surface area (Å²) in [6.45, 7) is 0. The van der Waals surface area contributed by atoms with E-state index in [1.54, 1.807) is 13.2 Å². The molecule has 0 saturated carbocycles. The number of hydrogen-bond donors (Lipinski definition) is 0. The molecule has 1 aromatic carbocycles. The zero-order valence-electron chi connectivity index (χ0n) is 6.51. The molecule has 1 nitrogen and oxygen atoms in total. The molecule has 0 aliphatic carbocycles. The summed E-state index contributed by atoms with van der Waals surface area (Å²) < 4.78 is 17.3. The van der Waals surface area contributed by atoms with E-state index in [1.807, 2.05) is 12.1 Å². The number of benzene rings is 1. The first-order valence-corrected chi connectivity index (χ1v) is 5.17. The third-order valence-corrected chi connectivity index (χ3v) is 2.65. The molecule has 0 spiro atoms. The van der Waals surface area contributed by atoms with Crippen molar-refractivity contribution in [3.63, 3.8) is 0 Å². The molecule has 0 amide bonds. The molecule has 0 radical (unpaired) electrons. The molecule has 1 aromatic rings. The molecule has 0 bridgehead atoms. The summed E-state index contributed by atoms with van der Waals surface area (Å²) in [6.07, 6.45) is 0. The van der Waals surface area contributed by atoms with Crippen molar-refractivity contribution in [2.75, 3.05) is 7.11 Å². The first-order valence-electron chi connectivity index (χ1n) is 3.33. The zero-order valence-corrected chi connectivity index (χ0v) is 8.91. The van der Waals surface area contributed by atoms with Gasteiger partial charge in [-0.05, 0) is 17.7 Å². The molecule has 0 aromatic heterocycles. The standard InChI is InChI=1S/C8H8BrFOS/c1-11-7-3-2-6(5-9)8(4-7)12-10/h2-4H,5H2,1H3. The summed E-state index contributed by atoms with van der Waals surface area (Å²) in [5.41, 5.74) is 0.934. The number of rotatable bonds is 3. The summed E-state index contributed by atoms with van der Waals surface area (Å²) in [5.74, 6) is 0.680. The van der Waals surface area contributed by atoms with Gasteiger partial charge in [0, 0.05) is 10.2 Å². The van der Waals surface area contributed by atoms with E-state index in [2.05, 4.69) is 15.9 Å². The van der Waals surface area contributed by atoms with Crippen LogP contribution in [0.4, 0.5) is 3.89 Å². The van der Waals surface area contributed by atoms with Gasteiger partial charge >= 0.3 is 0 Å². The summed E-state index contributed by atoms with van der Waals surface area (Å²) >= 11 is 3.51. The van der Waals surface area contributed by atoms with Crippen LogP contribution in [0.25, 0.3) is 0 Å². The van der Waals surface area contributed by atoms with Gasteiger partial charge in [0.2, 0.25) is 0 Å². The fourth-order valence-electron chi connectivity index (χ4n) is 0.844. The normalized spacial score (nSPS) is 9.92.